The lowest BCUT2D eigenvalue weighted by atomic mass is 9.97. The van der Waals surface area contributed by atoms with E-state index < -0.39 is 0 Å². The van der Waals surface area contributed by atoms with E-state index >= 15 is 0 Å². The maximum Gasteiger partial charge on any atom is 0.173 e. The summed E-state index contributed by atoms with van der Waals surface area (Å²) in [6.45, 7) is 10.1. The van der Waals surface area contributed by atoms with Crippen molar-refractivity contribution < 1.29 is 9.84 Å². The summed E-state index contributed by atoms with van der Waals surface area (Å²) in [5.41, 5.74) is 2.24. The van der Waals surface area contributed by atoms with Crippen LogP contribution in [0.15, 0.2) is 27.2 Å². The van der Waals surface area contributed by atoms with Crippen molar-refractivity contribution >= 4 is 31.9 Å². The van der Waals surface area contributed by atoms with Gasteiger partial charge >= 0.3 is 0 Å². The third kappa shape index (κ3) is 3.85. The fourth-order valence-electron chi connectivity index (χ4n) is 2.77. The van der Waals surface area contributed by atoms with E-state index in [1.807, 2.05) is 6.07 Å². The smallest absolute Gasteiger partial charge is 0.173 e. The number of benzene rings is 1. The van der Waals surface area contributed by atoms with Crippen LogP contribution in [0.2, 0.25) is 0 Å². The highest BCUT2D eigenvalue weighted by atomic mass is 79.9. The summed E-state index contributed by atoms with van der Waals surface area (Å²) in [5.74, 6) is 0.597. The number of hydrogen-bond acceptors (Lipinski definition) is 4. The quantitative estimate of drug-likeness (QED) is 0.692. The molecule has 1 aliphatic rings. The van der Waals surface area contributed by atoms with Crippen LogP contribution < -0.4 is 10.1 Å². The first-order valence-corrected chi connectivity index (χ1v) is 8.88. The van der Waals surface area contributed by atoms with Crippen molar-refractivity contribution in [1.82, 2.24) is 10.2 Å². The molecule has 6 heteroatoms. The molecule has 1 atom stereocenters. The van der Waals surface area contributed by atoms with E-state index in [4.69, 9.17) is 4.74 Å². The average molecular weight is 434 g/mol. The number of piperazine rings is 1. The second-order valence-corrected chi connectivity index (χ2v) is 7.19. The van der Waals surface area contributed by atoms with Crippen LogP contribution in [0.4, 0.5) is 0 Å². The minimum Gasteiger partial charge on any atom is -0.503 e. The Hall–Kier alpha value is -0.560. The molecule has 1 aromatic carbocycles. The summed E-state index contributed by atoms with van der Waals surface area (Å²) in [4.78, 5) is 2.45. The highest BCUT2D eigenvalue weighted by Gasteiger charge is 2.27. The van der Waals surface area contributed by atoms with Crippen LogP contribution in [-0.2, 0) is 0 Å². The standard InChI is InChI=1S/C16H22Br2N2O2/c1-10(2)8-12(20-6-4-19-5-7-20)11-9-13(22-3)16(21)15(18)14(11)17/h9,12,19,21H,1,4-8H2,2-3H3/t12-/m0/s1. The molecule has 4 nitrogen and oxygen atoms in total. The van der Waals surface area contributed by atoms with E-state index in [0.29, 0.717) is 10.2 Å². The Bertz CT molecular complexity index is 558. The molecule has 1 saturated heterocycles. The lowest BCUT2D eigenvalue weighted by Gasteiger charge is -2.36. The molecule has 1 heterocycles. The molecule has 1 fully saturated rings. The van der Waals surface area contributed by atoms with E-state index in [-0.39, 0.29) is 11.8 Å². The van der Waals surface area contributed by atoms with Crippen molar-refractivity contribution in [3.8, 4) is 11.5 Å². The fourth-order valence-corrected chi connectivity index (χ4v) is 3.76. The van der Waals surface area contributed by atoms with Gasteiger partial charge in [0.05, 0.1) is 11.6 Å². The van der Waals surface area contributed by atoms with Crippen LogP contribution in [0.5, 0.6) is 11.5 Å². The molecule has 1 aliphatic heterocycles. The summed E-state index contributed by atoms with van der Waals surface area (Å²) in [6, 6.07) is 2.12. The largest absolute Gasteiger partial charge is 0.503 e. The van der Waals surface area contributed by atoms with Crippen LogP contribution in [0.25, 0.3) is 0 Å². The van der Waals surface area contributed by atoms with E-state index in [2.05, 4.69) is 55.6 Å². The maximum absolute atomic E-state index is 10.1. The highest BCUT2D eigenvalue weighted by molar-refractivity contribution is 9.13. The number of phenols is 1. The normalized spacial score (nSPS) is 17.3. The highest BCUT2D eigenvalue weighted by Crippen LogP contribution is 2.45. The lowest BCUT2D eigenvalue weighted by molar-refractivity contribution is 0.171. The van der Waals surface area contributed by atoms with Gasteiger partial charge in [0.15, 0.2) is 11.5 Å². The molecular formula is C16H22Br2N2O2. The van der Waals surface area contributed by atoms with Gasteiger partial charge in [0.2, 0.25) is 0 Å². The Morgan fingerprint density at radius 3 is 2.59 bits per heavy atom. The molecule has 2 rings (SSSR count). The number of methoxy groups -OCH3 is 1. The first-order chi connectivity index (χ1) is 10.5. The lowest BCUT2D eigenvalue weighted by Crippen LogP contribution is -2.45. The second kappa shape index (κ2) is 7.81. The van der Waals surface area contributed by atoms with Gasteiger partial charge in [-0.25, -0.2) is 0 Å². The average Bonchev–Trinajstić information content (AvgIpc) is 2.52. The monoisotopic (exact) mass is 432 g/mol. The predicted octanol–water partition coefficient (Wildman–Crippen LogP) is 3.84. The Kier molecular flexibility index (Phi) is 6.32. The van der Waals surface area contributed by atoms with E-state index in [0.717, 1.165) is 48.2 Å². The van der Waals surface area contributed by atoms with Gasteiger partial charge in [-0.05, 0) is 56.8 Å². The van der Waals surface area contributed by atoms with Crippen LogP contribution >= 0.6 is 31.9 Å². The first kappa shape index (κ1) is 17.8. The molecule has 0 unspecified atom stereocenters. The van der Waals surface area contributed by atoms with E-state index in [1.54, 1.807) is 7.11 Å². The molecule has 22 heavy (non-hydrogen) atoms. The number of phenolic OH excluding ortho intramolecular Hbond substituents is 1. The van der Waals surface area contributed by atoms with Crippen molar-refractivity contribution in [2.75, 3.05) is 33.3 Å². The van der Waals surface area contributed by atoms with Gasteiger partial charge in [0.25, 0.3) is 0 Å². The fraction of sp³-hybridized carbons (Fsp3) is 0.500. The molecule has 1 aromatic rings. The van der Waals surface area contributed by atoms with Crippen LogP contribution in [-0.4, -0.2) is 43.3 Å². The molecule has 2 N–H and O–H groups in total. The van der Waals surface area contributed by atoms with E-state index in [9.17, 15) is 5.11 Å². The Morgan fingerprint density at radius 1 is 1.41 bits per heavy atom. The third-order valence-corrected chi connectivity index (χ3v) is 6.05. The van der Waals surface area contributed by atoms with Gasteiger partial charge in [-0.3, -0.25) is 4.90 Å². The van der Waals surface area contributed by atoms with Gasteiger partial charge in [-0.15, -0.1) is 6.58 Å². The zero-order chi connectivity index (χ0) is 16.3. The first-order valence-electron chi connectivity index (χ1n) is 7.29. The number of aromatic hydroxyl groups is 1. The Balaban J connectivity index is 2.46. The summed E-state index contributed by atoms with van der Waals surface area (Å²) in [5, 5.41) is 13.5. The number of halogens is 2. The molecule has 0 aliphatic carbocycles. The molecule has 0 radical (unpaired) electrons. The molecular weight excluding hydrogens is 412 g/mol. The van der Waals surface area contributed by atoms with Crippen LogP contribution in [0.3, 0.4) is 0 Å². The molecule has 0 bridgehead atoms. The summed E-state index contributed by atoms with van der Waals surface area (Å²) in [7, 11) is 1.57. The van der Waals surface area contributed by atoms with Crippen molar-refractivity contribution in [3.63, 3.8) is 0 Å². The van der Waals surface area contributed by atoms with E-state index in [1.165, 1.54) is 0 Å². The zero-order valence-electron chi connectivity index (χ0n) is 13.0. The zero-order valence-corrected chi connectivity index (χ0v) is 16.1. The minimum atomic E-state index is 0.118. The third-order valence-electron chi connectivity index (χ3n) is 3.89. The topological polar surface area (TPSA) is 44.7 Å². The van der Waals surface area contributed by atoms with Crippen LogP contribution in [0.1, 0.15) is 24.9 Å². The number of nitrogens with one attached hydrogen (secondary N) is 1. The summed E-state index contributed by atoms with van der Waals surface area (Å²) in [6.07, 6.45) is 0.874. The molecule has 122 valence electrons. The van der Waals surface area contributed by atoms with Crippen molar-refractivity contribution in [1.29, 1.82) is 0 Å². The predicted molar refractivity (Wildman–Crippen MR) is 96.7 cm³/mol. The van der Waals surface area contributed by atoms with Crippen LogP contribution in [0, 0.1) is 0 Å². The maximum atomic E-state index is 10.1. The number of rotatable bonds is 5. The van der Waals surface area contributed by atoms with Crippen molar-refractivity contribution in [2.24, 2.45) is 0 Å². The molecule has 0 saturated carbocycles. The molecule has 0 amide bonds. The van der Waals surface area contributed by atoms with Gasteiger partial charge in [-0.2, -0.15) is 0 Å². The molecule has 0 aromatic heterocycles. The van der Waals surface area contributed by atoms with Crippen molar-refractivity contribution in [2.45, 2.75) is 19.4 Å². The minimum absolute atomic E-state index is 0.118. The number of ether oxygens (including phenoxy) is 1. The summed E-state index contributed by atoms with van der Waals surface area (Å²) >= 11 is 7.07. The van der Waals surface area contributed by atoms with Crippen molar-refractivity contribution in [3.05, 3.63) is 32.7 Å². The van der Waals surface area contributed by atoms with Gasteiger partial charge < -0.3 is 15.2 Å². The van der Waals surface area contributed by atoms with Gasteiger partial charge in [0, 0.05) is 36.7 Å². The number of hydrogen-bond donors (Lipinski definition) is 2. The second-order valence-electron chi connectivity index (χ2n) is 5.61. The van der Waals surface area contributed by atoms with Gasteiger partial charge in [-0.1, -0.05) is 5.57 Å². The molecule has 0 spiro atoms. The summed E-state index contributed by atoms with van der Waals surface area (Å²) < 4.78 is 6.81. The SMILES string of the molecule is C=C(C)C[C@@H](c1cc(OC)c(O)c(Br)c1Br)N1CCNCC1. The Labute approximate surface area is 148 Å². The van der Waals surface area contributed by atoms with Gasteiger partial charge in [0.1, 0.15) is 0 Å². The Morgan fingerprint density at radius 2 is 2.05 bits per heavy atom. The number of nitrogens with zero attached hydrogens (tertiary/aromatic N) is 1.